The van der Waals surface area contributed by atoms with Crippen LogP contribution < -0.4 is 10.1 Å². The summed E-state index contributed by atoms with van der Waals surface area (Å²) in [6.07, 6.45) is 0. The maximum atomic E-state index is 12.3. The van der Waals surface area contributed by atoms with E-state index in [0.717, 1.165) is 21.3 Å². The van der Waals surface area contributed by atoms with E-state index in [1.54, 1.807) is 36.3 Å². The first kappa shape index (κ1) is 17.5. The Bertz CT molecular complexity index is 860. The second-order valence-electron chi connectivity index (χ2n) is 5.43. The van der Waals surface area contributed by atoms with E-state index in [9.17, 15) is 4.79 Å². The third-order valence-electron chi connectivity index (χ3n) is 3.50. The maximum Gasteiger partial charge on any atom is 0.255 e. The van der Waals surface area contributed by atoms with Gasteiger partial charge < -0.3 is 10.1 Å². The van der Waals surface area contributed by atoms with Crippen molar-refractivity contribution in [3.63, 3.8) is 0 Å². The predicted molar refractivity (Wildman–Crippen MR) is 104 cm³/mol. The van der Waals surface area contributed by atoms with Gasteiger partial charge in [-0.2, -0.15) is 0 Å². The average molecular weight is 370 g/mol. The highest BCUT2D eigenvalue weighted by Gasteiger charge is 2.07. The van der Waals surface area contributed by atoms with Crippen LogP contribution in [-0.2, 0) is 5.75 Å². The van der Waals surface area contributed by atoms with Crippen LogP contribution in [-0.4, -0.2) is 18.0 Å². The van der Waals surface area contributed by atoms with Crippen LogP contribution in [0.2, 0.25) is 0 Å². The average Bonchev–Trinajstić information content (AvgIpc) is 3.06. The normalized spacial score (nSPS) is 10.5. The van der Waals surface area contributed by atoms with Crippen molar-refractivity contribution in [2.75, 3.05) is 12.4 Å². The minimum Gasteiger partial charge on any atom is -0.497 e. The van der Waals surface area contributed by atoms with Crippen molar-refractivity contribution in [2.45, 2.75) is 17.0 Å². The molecule has 128 valence electrons. The van der Waals surface area contributed by atoms with E-state index in [0.29, 0.717) is 17.0 Å². The summed E-state index contributed by atoms with van der Waals surface area (Å²) in [5.74, 6) is 1.41. The van der Waals surface area contributed by atoms with Crippen LogP contribution in [0.4, 0.5) is 5.69 Å². The number of nitrogens with one attached hydrogen (secondary N) is 1. The molecule has 0 radical (unpaired) electrons. The molecule has 0 atom stereocenters. The lowest BCUT2D eigenvalue weighted by Gasteiger charge is -2.07. The third-order valence-corrected chi connectivity index (χ3v) is 5.71. The molecule has 0 bridgehead atoms. The monoisotopic (exact) mass is 370 g/mol. The van der Waals surface area contributed by atoms with Gasteiger partial charge in [-0.1, -0.05) is 30.0 Å². The molecular formula is C19H18N2O2S2. The van der Waals surface area contributed by atoms with E-state index >= 15 is 0 Å². The Morgan fingerprint density at radius 3 is 2.72 bits per heavy atom. The standard InChI is InChI=1S/C19H18N2O2S2/c1-13-11-24-19(20-13)25-12-14-6-8-15(9-7-14)18(22)21-16-4-3-5-17(10-16)23-2/h3-11H,12H2,1-2H3,(H,21,22). The summed E-state index contributed by atoms with van der Waals surface area (Å²) in [6, 6.07) is 15.0. The molecule has 1 amide bonds. The summed E-state index contributed by atoms with van der Waals surface area (Å²) in [5.41, 5.74) is 3.55. The number of nitrogens with zero attached hydrogens (tertiary/aromatic N) is 1. The molecule has 6 heteroatoms. The van der Waals surface area contributed by atoms with Gasteiger partial charge in [-0.15, -0.1) is 11.3 Å². The number of hydrogen-bond donors (Lipinski definition) is 1. The van der Waals surface area contributed by atoms with Crippen LogP contribution in [0, 0.1) is 6.92 Å². The number of thiazole rings is 1. The first-order valence-corrected chi connectivity index (χ1v) is 9.60. The first-order chi connectivity index (χ1) is 12.1. The molecule has 0 saturated carbocycles. The number of rotatable bonds is 6. The zero-order chi connectivity index (χ0) is 17.6. The molecule has 25 heavy (non-hydrogen) atoms. The van der Waals surface area contributed by atoms with Gasteiger partial charge in [0, 0.05) is 34.1 Å². The van der Waals surface area contributed by atoms with E-state index in [-0.39, 0.29) is 5.91 Å². The highest BCUT2D eigenvalue weighted by atomic mass is 32.2. The van der Waals surface area contributed by atoms with Crippen molar-refractivity contribution >= 4 is 34.7 Å². The van der Waals surface area contributed by atoms with Gasteiger partial charge in [-0.05, 0) is 36.8 Å². The summed E-state index contributed by atoms with van der Waals surface area (Å²) in [7, 11) is 1.60. The van der Waals surface area contributed by atoms with Gasteiger partial charge >= 0.3 is 0 Å². The Labute approximate surface area is 155 Å². The number of benzene rings is 2. The fraction of sp³-hybridized carbons (Fsp3) is 0.158. The maximum absolute atomic E-state index is 12.3. The molecule has 0 aliphatic heterocycles. The molecular weight excluding hydrogens is 352 g/mol. The molecule has 2 aromatic carbocycles. The largest absolute Gasteiger partial charge is 0.497 e. The van der Waals surface area contributed by atoms with Gasteiger partial charge in [0.25, 0.3) is 5.91 Å². The van der Waals surface area contributed by atoms with E-state index < -0.39 is 0 Å². The summed E-state index contributed by atoms with van der Waals surface area (Å²) < 4.78 is 6.23. The van der Waals surface area contributed by atoms with Crippen LogP contribution >= 0.6 is 23.1 Å². The molecule has 0 saturated heterocycles. The lowest BCUT2D eigenvalue weighted by atomic mass is 10.1. The Morgan fingerprint density at radius 2 is 2.04 bits per heavy atom. The summed E-state index contributed by atoms with van der Waals surface area (Å²) in [4.78, 5) is 16.8. The molecule has 0 aliphatic rings. The van der Waals surface area contributed by atoms with E-state index in [4.69, 9.17) is 4.74 Å². The smallest absolute Gasteiger partial charge is 0.255 e. The molecule has 3 aromatic rings. The number of methoxy groups -OCH3 is 1. The molecule has 0 aliphatic carbocycles. The lowest BCUT2D eigenvalue weighted by molar-refractivity contribution is 0.102. The first-order valence-electron chi connectivity index (χ1n) is 7.73. The topological polar surface area (TPSA) is 51.2 Å². The highest BCUT2D eigenvalue weighted by Crippen LogP contribution is 2.26. The number of aromatic nitrogens is 1. The summed E-state index contributed by atoms with van der Waals surface area (Å²) in [6.45, 7) is 2.00. The van der Waals surface area contributed by atoms with Crippen LogP contribution in [0.25, 0.3) is 0 Å². The molecule has 1 heterocycles. The SMILES string of the molecule is COc1cccc(NC(=O)c2ccc(CSc3nc(C)cs3)cc2)c1. The fourth-order valence-electron chi connectivity index (χ4n) is 2.20. The minimum atomic E-state index is -0.136. The molecule has 0 fully saturated rings. The van der Waals surface area contributed by atoms with Crippen molar-refractivity contribution in [3.8, 4) is 5.75 Å². The summed E-state index contributed by atoms with van der Waals surface area (Å²) in [5, 5.41) is 4.93. The highest BCUT2D eigenvalue weighted by molar-refractivity contribution is 8.00. The van der Waals surface area contributed by atoms with Crippen molar-refractivity contribution < 1.29 is 9.53 Å². The molecule has 1 aromatic heterocycles. The fourth-order valence-corrected chi connectivity index (χ4v) is 4.01. The zero-order valence-electron chi connectivity index (χ0n) is 14.0. The van der Waals surface area contributed by atoms with Crippen molar-refractivity contribution in [2.24, 2.45) is 0 Å². The minimum absolute atomic E-state index is 0.136. The van der Waals surface area contributed by atoms with Gasteiger partial charge in [0.2, 0.25) is 0 Å². The molecule has 0 spiro atoms. The van der Waals surface area contributed by atoms with Crippen LogP contribution in [0.15, 0.2) is 58.3 Å². The Hall–Kier alpha value is -2.31. The quantitative estimate of drug-likeness (QED) is 0.620. The Kier molecular flexibility index (Phi) is 5.73. The summed E-state index contributed by atoms with van der Waals surface area (Å²) >= 11 is 3.37. The molecule has 4 nitrogen and oxygen atoms in total. The molecule has 3 rings (SSSR count). The number of amides is 1. The Balaban J connectivity index is 1.60. The number of ether oxygens (including phenoxy) is 1. The predicted octanol–water partition coefficient (Wildman–Crippen LogP) is 5.00. The molecule has 1 N–H and O–H groups in total. The van der Waals surface area contributed by atoms with Crippen LogP contribution in [0.5, 0.6) is 5.75 Å². The number of carbonyl (C=O) groups excluding carboxylic acids is 1. The van der Waals surface area contributed by atoms with E-state index in [2.05, 4.69) is 10.3 Å². The Morgan fingerprint density at radius 1 is 1.24 bits per heavy atom. The number of hydrogen-bond acceptors (Lipinski definition) is 5. The second-order valence-corrected chi connectivity index (χ2v) is 7.51. The lowest BCUT2D eigenvalue weighted by Crippen LogP contribution is -2.11. The van der Waals surface area contributed by atoms with E-state index in [1.807, 2.05) is 54.8 Å². The number of carbonyl (C=O) groups is 1. The van der Waals surface area contributed by atoms with Crippen molar-refractivity contribution in [1.29, 1.82) is 0 Å². The van der Waals surface area contributed by atoms with Gasteiger partial charge in [0.15, 0.2) is 0 Å². The number of thioether (sulfide) groups is 1. The van der Waals surface area contributed by atoms with Gasteiger partial charge in [-0.3, -0.25) is 4.79 Å². The number of aryl methyl sites for hydroxylation is 1. The van der Waals surface area contributed by atoms with E-state index in [1.165, 1.54) is 0 Å². The third kappa shape index (κ3) is 4.84. The van der Waals surface area contributed by atoms with Crippen molar-refractivity contribution in [3.05, 3.63) is 70.7 Å². The van der Waals surface area contributed by atoms with Crippen molar-refractivity contribution in [1.82, 2.24) is 4.98 Å². The van der Waals surface area contributed by atoms with Gasteiger partial charge in [0.1, 0.15) is 10.1 Å². The van der Waals surface area contributed by atoms with Gasteiger partial charge in [0.05, 0.1) is 7.11 Å². The second kappa shape index (κ2) is 8.18. The molecule has 0 unspecified atom stereocenters. The number of anilines is 1. The zero-order valence-corrected chi connectivity index (χ0v) is 15.6. The van der Waals surface area contributed by atoms with Gasteiger partial charge in [-0.25, -0.2) is 4.98 Å². The van der Waals surface area contributed by atoms with Crippen LogP contribution in [0.3, 0.4) is 0 Å². The van der Waals surface area contributed by atoms with Crippen LogP contribution in [0.1, 0.15) is 21.6 Å².